The van der Waals surface area contributed by atoms with Crippen LogP contribution in [0.4, 0.5) is 0 Å². The van der Waals surface area contributed by atoms with Crippen LogP contribution in [0.1, 0.15) is 32.4 Å². The monoisotopic (exact) mass is 509 g/mol. The summed E-state index contributed by atoms with van der Waals surface area (Å²) in [7, 11) is 0. The first kappa shape index (κ1) is 24.6. The molecule has 8 heteroatoms. The number of nitrogens with one attached hydrogen (secondary N) is 2. The SMILES string of the molecule is CCNC(=NCC(c1ccsc1)N(CC)CC)NCCN1CCOCC1.I. The van der Waals surface area contributed by atoms with Crippen molar-refractivity contribution in [3.05, 3.63) is 22.4 Å². The number of rotatable bonds is 10. The molecule has 0 aliphatic carbocycles. The Labute approximate surface area is 185 Å². The lowest BCUT2D eigenvalue weighted by Gasteiger charge is -2.28. The van der Waals surface area contributed by atoms with Crippen molar-refractivity contribution in [3.8, 4) is 0 Å². The molecule has 0 spiro atoms. The second-order valence-corrected chi connectivity index (χ2v) is 7.17. The van der Waals surface area contributed by atoms with Gasteiger partial charge in [0, 0.05) is 32.7 Å². The lowest BCUT2D eigenvalue weighted by molar-refractivity contribution is 0.0389. The minimum atomic E-state index is 0. The molecule has 27 heavy (non-hydrogen) atoms. The Morgan fingerprint density at radius 2 is 2.00 bits per heavy atom. The smallest absolute Gasteiger partial charge is 0.191 e. The van der Waals surface area contributed by atoms with Crippen molar-refractivity contribution >= 4 is 41.3 Å². The molecule has 1 saturated heterocycles. The van der Waals surface area contributed by atoms with Crippen molar-refractivity contribution in [1.82, 2.24) is 20.4 Å². The molecule has 2 rings (SSSR count). The van der Waals surface area contributed by atoms with Crippen molar-refractivity contribution in [2.75, 3.05) is 65.6 Å². The number of aliphatic imine (C=N–C) groups is 1. The number of likely N-dealkylation sites (N-methyl/N-ethyl adjacent to an activating group) is 1. The molecular weight excluding hydrogens is 473 g/mol. The molecule has 0 bridgehead atoms. The molecule has 1 fully saturated rings. The Bertz CT molecular complexity index is 504. The maximum absolute atomic E-state index is 5.41. The fourth-order valence-corrected chi connectivity index (χ4v) is 3.94. The highest BCUT2D eigenvalue weighted by atomic mass is 127. The van der Waals surface area contributed by atoms with Gasteiger partial charge in [-0.2, -0.15) is 11.3 Å². The van der Waals surface area contributed by atoms with E-state index in [0.29, 0.717) is 6.04 Å². The van der Waals surface area contributed by atoms with Gasteiger partial charge >= 0.3 is 0 Å². The Morgan fingerprint density at radius 1 is 1.26 bits per heavy atom. The molecule has 156 valence electrons. The lowest BCUT2D eigenvalue weighted by atomic mass is 10.1. The summed E-state index contributed by atoms with van der Waals surface area (Å²) >= 11 is 1.76. The largest absolute Gasteiger partial charge is 0.379 e. The van der Waals surface area contributed by atoms with Crippen LogP contribution in [0.2, 0.25) is 0 Å². The number of morpholine rings is 1. The highest BCUT2D eigenvalue weighted by Crippen LogP contribution is 2.23. The third-order valence-corrected chi connectivity index (χ3v) is 5.47. The summed E-state index contributed by atoms with van der Waals surface area (Å²) in [6.07, 6.45) is 0. The first-order valence-electron chi connectivity index (χ1n) is 9.86. The van der Waals surface area contributed by atoms with Crippen LogP contribution in [0, 0.1) is 0 Å². The highest BCUT2D eigenvalue weighted by molar-refractivity contribution is 14.0. The zero-order chi connectivity index (χ0) is 18.6. The summed E-state index contributed by atoms with van der Waals surface area (Å²) in [6, 6.07) is 2.56. The molecule has 1 aromatic heterocycles. The molecule has 1 aliphatic heterocycles. The van der Waals surface area contributed by atoms with E-state index in [1.165, 1.54) is 5.56 Å². The quantitative estimate of drug-likeness (QED) is 0.289. The molecule has 2 N–H and O–H groups in total. The van der Waals surface area contributed by atoms with Crippen LogP contribution in [0.25, 0.3) is 0 Å². The minimum absolute atomic E-state index is 0. The van der Waals surface area contributed by atoms with Gasteiger partial charge in [0.15, 0.2) is 5.96 Å². The van der Waals surface area contributed by atoms with Gasteiger partial charge in [-0.05, 0) is 42.4 Å². The molecule has 1 unspecified atom stereocenters. The van der Waals surface area contributed by atoms with E-state index in [9.17, 15) is 0 Å². The summed E-state index contributed by atoms with van der Waals surface area (Å²) in [5.74, 6) is 0.910. The summed E-state index contributed by atoms with van der Waals surface area (Å²) in [6.45, 7) is 15.9. The van der Waals surface area contributed by atoms with Gasteiger partial charge in [-0.15, -0.1) is 24.0 Å². The van der Waals surface area contributed by atoms with E-state index < -0.39 is 0 Å². The fraction of sp³-hybridized carbons (Fsp3) is 0.737. The lowest BCUT2D eigenvalue weighted by Crippen LogP contribution is -2.44. The van der Waals surface area contributed by atoms with Gasteiger partial charge in [0.05, 0.1) is 25.8 Å². The van der Waals surface area contributed by atoms with Crippen LogP contribution >= 0.6 is 35.3 Å². The van der Waals surface area contributed by atoms with Crippen LogP contribution in [0.3, 0.4) is 0 Å². The molecule has 0 amide bonds. The second kappa shape index (κ2) is 14.6. The maximum Gasteiger partial charge on any atom is 0.191 e. The highest BCUT2D eigenvalue weighted by Gasteiger charge is 2.18. The predicted octanol–water partition coefficient (Wildman–Crippen LogP) is 2.64. The molecule has 1 aliphatic rings. The van der Waals surface area contributed by atoms with E-state index >= 15 is 0 Å². The molecule has 6 nitrogen and oxygen atoms in total. The molecule has 1 atom stereocenters. The zero-order valence-corrected chi connectivity index (χ0v) is 20.1. The number of halogens is 1. The van der Waals surface area contributed by atoms with Crippen molar-refractivity contribution in [2.24, 2.45) is 4.99 Å². The first-order chi connectivity index (χ1) is 12.8. The van der Waals surface area contributed by atoms with Crippen molar-refractivity contribution in [1.29, 1.82) is 0 Å². The standard InChI is InChI=1S/C19H35N5OS.HI/c1-4-20-19(21-8-9-23-10-12-25-13-11-23)22-15-18(24(5-2)6-3)17-7-14-26-16-17;/h7,14,16,18H,4-6,8-13,15H2,1-3H3,(H2,20,21,22);1H. The fourth-order valence-electron chi connectivity index (χ4n) is 3.24. The van der Waals surface area contributed by atoms with E-state index in [1.54, 1.807) is 11.3 Å². The number of hydrogen-bond donors (Lipinski definition) is 2. The molecule has 0 saturated carbocycles. The molecule has 2 heterocycles. The zero-order valence-electron chi connectivity index (χ0n) is 16.9. The normalized spacial score (nSPS) is 16.8. The Balaban J connectivity index is 0.00000364. The van der Waals surface area contributed by atoms with Gasteiger partial charge in [-0.3, -0.25) is 14.8 Å². The van der Waals surface area contributed by atoms with E-state index in [2.05, 4.69) is 58.0 Å². The number of thiophene rings is 1. The summed E-state index contributed by atoms with van der Waals surface area (Å²) in [5, 5.41) is 11.3. The van der Waals surface area contributed by atoms with E-state index in [-0.39, 0.29) is 24.0 Å². The molecule has 0 radical (unpaired) electrons. The van der Waals surface area contributed by atoms with E-state index in [4.69, 9.17) is 9.73 Å². The number of guanidine groups is 1. The third-order valence-electron chi connectivity index (χ3n) is 4.77. The number of hydrogen-bond acceptors (Lipinski definition) is 5. The predicted molar refractivity (Wildman–Crippen MR) is 127 cm³/mol. The van der Waals surface area contributed by atoms with Gasteiger partial charge in [0.25, 0.3) is 0 Å². The Morgan fingerprint density at radius 3 is 2.59 bits per heavy atom. The van der Waals surface area contributed by atoms with E-state index in [0.717, 1.165) is 71.5 Å². The van der Waals surface area contributed by atoms with E-state index in [1.807, 2.05) is 0 Å². The Hall–Kier alpha value is -0.420. The maximum atomic E-state index is 5.41. The molecule has 0 aromatic carbocycles. The van der Waals surface area contributed by atoms with Crippen molar-refractivity contribution in [2.45, 2.75) is 26.8 Å². The third kappa shape index (κ3) is 8.64. The van der Waals surface area contributed by atoms with Crippen LogP contribution < -0.4 is 10.6 Å². The first-order valence-corrected chi connectivity index (χ1v) is 10.8. The topological polar surface area (TPSA) is 52.1 Å². The van der Waals surface area contributed by atoms with Gasteiger partial charge in [-0.25, -0.2) is 0 Å². The number of nitrogens with zero attached hydrogens (tertiary/aromatic N) is 3. The van der Waals surface area contributed by atoms with Crippen molar-refractivity contribution < 1.29 is 4.74 Å². The van der Waals surface area contributed by atoms with Gasteiger partial charge in [0.2, 0.25) is 0 Å². The average molecular weight is 510 g/mol. The summed E-state index contributed by atoms with van der Waals surface area (Å²) in [4.78, 5) is 9.79. The number of ether oxygens (including phenoxy) is 1. The van der Waals surface area contributed by atoms with Crippen LogP contribution in [-0.2, 0) is 4.74 Å². The van der Waals surface area contributed by atoms with Crippen LogP contribution in [-0.4, -0.2) is 81.3 Å². The minimum Gasteiger partial charge on any atom is -0.379 e. The van der Waals surface area contributed by atoms with Gasteiger partial charge in [0.1, 0.15) is 0 Å². The summed E-state index contributed by atoms with van der Waals surface area (Å²) < 4.78 is 5.41. The second-order valence-electron chi connectivity index (χ2n) is 6.39. The van der Waals surface area contributed by atoms with Crippen LogP contribution in [0.5, 0.6) is 0 Å². The summed E-state index contributed by atoms with van der Waals surface area (Å²) in [5.41, 5.74) is 1.37. The average Bonchev–Trinajstić information content (AvgIpc) is 3.20. The van der Waals surface area contributed by atoms with Crippen molar-refractivity contribution in [3.63, 3.8) is 0 Å². The van der Waals surface area contributed by atoms with Crippen LogP contribution in [0.15, 0.2) is 21.8 Å². The van der Waals surface area contributed by atoms with Gasteiger partial charge in [-0.1, -0.05) is 13.8 Å². The molecular formula is C19H36IN5OS. The Kier molecular flexibility index (Phi) is 13.3. The molecule has 1 aromatic rings. The van der Waals surface area contributed by atoms with Gasteiger partial charge < -0.3 is 15.4 Å².